The van der Waals surface area contributed by atoms with Gasteiger partial charge in [0.05, 0.1) is 5.25 Å². The zero-order valence-electron chi connectivity index (χ0n) is 13.9. The van der Waals surface area contributed by atoms with Crippen molar-refractivity contribution >= 4 is 23.7 Å². The smallest absolute Gasteiger partial charge is 0.321 e. The Morgan fingerprint density at radius 3 is 2.77 bits per heavy atom. The molecule has 1 aromatic heterocycles. The lowest BCUT2D eigenvalue weighted by atomic mass is 10.3. The summed E-state index contributed by atoms with van der Waals surface area (Å²) >= 11 is 1.04. The third kappa shape index (κ3) is 5.45. The summed E-state index contributed by atoms with van der Waals surface area (Å²) in [6.07, 6.45) is 1.88. The molecule has 0 spiro atoms. The number of thioether (sulfide) groups is 1. The highest BCUT2D eigenvalue weighted by atomic mass is 32.2. The number of imide groups is 1. The zero-order chi connectivity index (χ0) is 18.5. The lowest BCUT2D eigenvalue weighted by Gasteiger charge is -2.09. The van der Waals surface area contributed by atoms with Gasteiger partial charge in [0.2, 0.25) is 5.91 Å². The number of hydrogen-bond donors (Lipinski definition) is 2. The predicted octanol–water partition coefficient (Wildman–Crippen LogP) is 2.26. The zero-order valence-corrected chi connectivity index (χ0v) is 14.7. The Bertz CT molecular complexity index is 779. The van der Waals surface area contributed by atoms with Gasteiger partial charge in [0, 0.05) is 6.04 Å². The first kappa shape index (κ1) is 18.2. The van der Waals surface area contributed by atoms with Crippen molar-refractivity contribution in [3.8, 4) is 5.75 Å². The van der Waals surface area contributed by atoms with E-state index in [-0.39, 0.29) is 29.6 Å². The summed E-state index contributed by atoms with van der Waals surface area (Å²) in [6.45, 7) is 1.65. The average molecular weight is 380 g/mol. The van der Waals surface area contributed by atoms with Crippen molar-refractivity contribution in [2.24, 2.45) is 0 Å². The molecule has 1 saturated carbocycles. The van der Waals surface area contributed by atoms with Crippen molar-refractivity contribution in [1.29, 1.82) is 0 Å². The maximum Gasteiger partial charge on any atom is 0.321 e. The van der Waals surface area contributed by atoms with Crippen LogP contribution in [0.2, 0.25) is 0 Å². The molecule has 1 aromatic carbocycles. The summed E-state index contributed by atoms with van der Waals surface area (Å²) in [7, 11) is 0. The average Bonchev–Trinajstić information content (AvgIpc) is 3.30. The number of urea groups is 1. The number of carbonyl (C=O) groups is 2. The van der Waals surface area contributed by atoms with E-state index < -0.39 is 17.2 Å². The molecule has 2 N–H and O–H groups in total. The largest absolute Gasteiger partial charge is 0.484 e. The van der Waals surface area contributed by atoms with E-state index in [0.717, 1.165) is 24.6 Å². The van der Waals surface area contributed by atoms with Gasteiger partial charge in [-0.05, 0) is 44.0 Å². The van der Waals surface area contributed by atoms with Gasteiger partial charge in [-0.15, -0.1) is 10.2 Å². The van der Waals surface area contributed by atoms with Crippen LogP contribution in [-0.4, -0.2) is 33.4 Å². The Labute approximate surface area is 152 Å². The van der Waals surface area contributed by atoms with Crippen molar-refractivity contribution in [1.82, 2.24) is 20.8 Å². The van der Waals surface area contributed by atoms with Gasteiger partial charge in [0.25, 0.3) is 11.1 Å². The fourth-order valence-electron chi connectivity index (χ4n) is 1.89. The molecule has 0 radical (unpaired) electrons. The molecule has 10 heteroatoms. The first-order valence-corrected chi connectivity index (χ1v) is 8.86. The van der Waals surface area contributed by atoms with Crippen LogP contribution in [0.15, 0.2) is 33.9 Å². The SMILES string of the molecule is C[C@@H](Sc1nnc(COc2ccc(F)cc2)o1)C(=O)NC(=O)NC1CC1. The van der Waals surface area contributed by atoms with Crippen LogP contribution in [0.25, 0.3) is 0 Å². The van der Waals surface area contributed by atoms with Crippen molar-refractivity contribution in [3.05, 3.63) is 36.0 Å². The number of amides is 3. The number of nitrogens with one attached hydrogen (secondary N) is 2. The molecule has 3 rings (SSSR count). The normalized spacial score (nSPS) is 14.5. The molecule has 1 aliphatic rings. The van der Waals surface area contributed by atoms with Gasteiger partial charge in [0.15, 0.2) is 6.61 Å². The van der Waals surface area contributed by atoms with Gasteiger partial charge in [0.1, 0.15) is 11.6 Å². The summed E-state index contributed by atoms with van der Waals surface area (Å²) in [6, 6.07) is 5.21. The Morgan fingerprint density at radius 2 is 2.08 bits per heavy atom. The van der Waals surface area contributed by atoms with E-state index in [1.807, 2.05) is 0 Å². The number of rotatable bonds is 7. The number of hydrogen-bond acceptors (Lipinski definition) is 7. The van der Waals surface area contributed by atoms with E-state index in [0.29, 0.717) is 5.75 Å². The minimum Gasteiger partial charge on any atom is -0.484 e. The molecular weight excluding hydrogens is 363 g/mol. The van der Waals surface area contributed by atoms with Crippen LogP contribution in [0.4, 0.5) is 9.18 Å². The first-order valence-electron chi connectivity index (χ1n) is 7.98. The highest BCUT2D eigenvalue weighted by Crippen LogP contribution is 2.23. The molecule has 0 saturated heterocycles. The summed E-state index contributed by atoms with van der Waals surface area (Å²) in [5, 5.41) is 12.2. The molecule has 1 fully saturated rings. The second-order valence-electron chi connectivity index (χ2n) is 5.70. The van der Waals surface area contributed by atoms with Crippen LogP contribution >= 0.6 is 11.8 Å². The Kier molecular flexibility index (Phi) is 5.71. The third-order valence-electron chi connectivity index (χ3n) is 3.42. The standard InChI is InChI=1S/C16H17FN4O4S/c1-9(14(22)19-15(23)18-11-4-5-11)26-16-21-20-13(25-16)8-24-12-6-2-10(17)3-7-12/h2-3,6-7,9,11H,4-5,8H2,1H3,(H2,18,19,22,23)/t9-/m1/s1. The van der Waals surface area contributed by atoms with Crippen LogP contribution in [0.5, 0.6) is 5.75 Å². The van der Waals surface area contributed by atoms with Gasteiger partial charge in [-0.2, -0.15) is 0 Å². The highest BCUT2D eigenvalue weighted by Gasteiger charge is 2.25. The van der Waals surface area contributed by atoms with Crippen molar-refractivity contribution < 1.29 is 23.1 Å². The van der Waals surface area contributed by atoms with E-state index in [9.17, 15) is 14.0 Å². The van der Waals surface area contributed by atoms with Gasteiger partial charge >= 0.3 is 6.03 Å². The molecule has 138 valence electrons. The van der Waals surface area contributed by atoms with E-state index in [2.05, 4.69) is 20.8 Å². The van der Waals surface area contributed by atoms with E-state index in [4.69, 9.17) is 9.15 Å². The number of carbonyl (C=O) groups excluding carboxylic acids is 2. The number of aromatic nitrogens is 2. The third-order valence-corrected chi connectivity index (χ3v) is 4.35. The molecule has 2 aromatic rings. The molecular formula is C16H17FN4O4S. The van der Waals surface area contributed by atoms with E-state index in [1.54, 1.807) is 6.92 Å². The second kappa shape index (κ2) is 8.17. The lowest BCUT2D eigenvalue weighted by molar-refractivity contribution is -0.119. The first-order chi connectivity index (χ1) is 12.5. The minimum absolute atomic E-state index is 0.0174. The fourth-order valence-corrected chi connectivity index (χ4v) is 2.59. The number of ether oxygens (including phenoxy) is 1. The molecule has 1 heterocycles. The van der Waals surface area contributed by atoms with Crippen LogP contribution in [-0.2, 0) is 11.4 Å². The number of nitrogens with zero attached hydrogens (tertiary/aromatic N) is 2. The maximum atomic E-state index is 12.8. The van der Waals surface area contributed by atoms with E-state index >= 15 is 0 Å². The Balaban J connectivity index is 1.45. The molecule has 0 bridgehead atoms. The molecule has 0 unspecified atom stereocenters. The number of halogens is 1. The van der Waals surface area contributed by atoms with Crippen LogP contribution in [0.1, 0.15) is 25.7 Å². The summed E-state index contributed by atoms with van der Waals surface area (Å²) in [5.74, 6) is -0.119. The predicted molar refractivity (Wildman–Crippen MR) is 90.0 cm³/mol. The second-order valence-corrected chi connectivity index (χ2v) is 6.99. The van der Waals surface area contributed by atoms with Gasteiger partial charge in [-0.25, -0.2) is 9.18 Å². The quantitative estimate of drug-likeness (QED) is 0.710. The summed E-state index contributed by atoms with van der Waals surface area (Å²) in [5.41, 5.74) is 0. The van der Waals surface area contributed by atoms with Crippen molar-refractivity contribution in [2.75, 3.05) is 0 Å². The van der Waals surface area contributed by atoms with Crippen molar-refractivity contribution in [2.45, 2.75) is 42.9 Å². The maximum absolute atomic E-state index is 12.8. The van der Waals surface area contributed by atoms with Gasteiger partial charge in [-0.1, -0.05) is 11.8 Å². The Morgan fingerprint density at radius 1 is 1.35 bits per heavy atom. The molecule has 26 heavy (non-hydrogen) atoms. The van der Waals surface area contributed by atoms with Crippen LogP contribution < -0.4 is 15.4 Å². The van der Waals surface area contributed by atoms with Crippen LogP contribution in [0.3, 0.4) is 0 Å². The monoisotopic (exact) mass is 380 g/mol. The molecule has 0 aliphatic heterocycles. The van der Waals surface area contributed by atoms with Crippen molar-refractivity contribution in [3.63, 3.8) is 0 Å². The van der Waals surface area contributed by atoms with E-state index in [1.165, 1.54) is 24.3 Å². The topological polar surface area (TPSA) is 106 Å². The minimum atomic E-state index is -0.591. The van der Waals surface area contributed by atoms with Crippen LogP contribution in [0, 0.1) is 5.82 Å². The fraction of sp³-hybridized carbons (Fsp3) is 0.375. The van der Waals surface area contributed by atoms with Gasteiger partial charge in [-0.3, -0.25) is 10.1 Å². The van der Waals surface area contributed by atoms with Gasteiger partial charge < -0.3 is 14.5 Å². The summed E-state index contributed by atoms with van der Waals surface area (Å²) < 4.78 is 23.6. The molecule has 1 aliphatic carbocycles. The Hall–Kier alpha value is -2.62. The highest BCUT2D eigenvalue weighted by molar-refractivity contribution is 8.00. The molecule has 3 amide bonds. The number of benzene rings is 1. The molecule has 8 nitrogen and oxygen atoms in total. The molecule has 1 atom stereocenters. The summed E-state index contributed by atoms with van der Waals surface area (Å²) in [4.78, 5) is 23.5. The lowest BCUT2D eigenvalue weighted by Crippen LogP contribution is -2.43.